The number of hydrogen-bond donors (Lipinski definition) is 2. The van der Waals surface area contributed by atoms with Crippen molar-refractivity contribution >= 4 is 38.6 Å². The third-order valence-electron chi connectivity index (χ3n) is 2.77. The first kappa shape index (κ1) is 16.2. The van der Waals surface area contributed by atoms with Crippen LogP contribution in [0.3, 0.4) is 0 Å². The van der Waals surface area contributed by atoms with E-state index in [1.54, 1.807) is 13.1 Å². The molecule has 21 heavy (non-hydrogen) atoms. The van der Waals surface area contributed by atoms with Crippen LogP contribution >= 0.6 is 22.9 Å². The molecule has 1 aromatic heterocycles. The summed E-state index contributed by atoms with van der Waals surface area (Å²) in [5.41, 5.74) is 1.13. The fourth-order valence-corrected chi connectivity index (χ4v) is 4.55. The van der Waals surface area contributed by atoms with Gasteiger partial charge in [0, 0.05) is 11.4 Å². The molecule has 0 aliphatic carbocycles. The Hall–Kier alpha value is -1.15. The van der Waals surface area contributed by atoms with Crippen LogP contribution in [-0.4, -0.2) is 15.5 Å². The van der Waals surface area contributed by atoms with Crippen LogP contribution in [0.25, 0.3) is 0 Å². The molecule has 4 nitrogen and oxygen atoms in total. The van der Waals surface area contributed by atoms with Crippen molar-refractivity contribution in [1.82, 2.24) is 5.32 Å². The van der Waals surface area contributed by atoms with Gasteiger partial charge in [0.15, 0.2) is 0 Å². The number of thiophene rings is 1. The number of hydrogen-bond acceptors (Lipinski definition) is 4. The van der Waals surface area contributed by atoms with Crippen LogP contribution in [0.5, 0.6) is 0 Å². The van der Waals surface area contributed by atoms with E-state index in [1.807, 2.05) is 6.92 Å². The van der Waals surface area contributed by atoms with E-state index < -0.39 is 15.8 Å². The first-order chi connectivity index (χ1) is 9.83. The third kappa shape index (κ3) is 3.74. The van der Waals surface area contributed by atoms with Gasteiger partial charge >= 0.3 is 0 Å². The average Bonchev–Trinajstić information content (AvgIpc) is 2.77. The van der Waals surface area contributed by atoms with E-state index >= 15 is 0 Å². The Morgan fingerprint density at radius 2 is 2.05 bits per heavy atom. The fourth-order valence-electron chi connectivity index (χ4n) is 1.72. The number of rotatable bonds is 5. The summed E-state index contributed by atoms with van der Waals surface area (Å²) in [4.78, 5) is 0.954. The minimum absolute atomic E-state index is 0.131. The monoisotopic (exact) mass is 348 g/mol. The molecule has 0 fully saturated rings. The highest BCUT2D eigenvalue weighted by molar-refractivity contribution is 7.94. The number of benzene rings is 1. The zero-order valence-electron chi connectivity index (χ0n) is 11.4. The lowest BCUT2D eigenvalue weighted by atomic mass is 10.3. The summed E-state index contributed by atoms with van der Waals surface area (Å²) in [6.45, 7) is 2.46. The molecule has 2 rings (SSSR count). The standard InChI is InChI=1S/C13H14ClFN2O2S2/c1-8-5-13(20-12(8)7-16-2)21(18,19)17-9-3-4-11(15)10(14)6-9/h3-6,16-17H,7H2,1-2H3. The van der Waals surface area contributed by atoms with E-state index in [0.717, 1.165) is 16.5 Å². The van der Waals surface area contributed by atoms with Crippen molar-refractivity contribution in [3.05, 3.63) is 45.5 Å². The summed E-state index contributed by atoms with van der Waals surface area (Å²) >= 11 is 6.84. The van der Waals surface area contributed by atoms with Crippen LogP contribution in [0.4, 0.5) is 10.1 Å². The van der Waals surface area contributed by atoms with Gasteiger partial charge in [-0.05, 0) is 43.8 Å². The van der Waals surface area contributed by atoms with Crippen molar-refractivity contribution in [2.45, 2.75) is 17.7 Å². The minimum atomic E-state index is -3.70. The molecule has 0 spiro atoms. The van der Waals surface area contributed by atoms with E-state index in [-0.39, 0.29) is 14.9 Å². The van der Waals surface area contributed by atoms with Gasteiger partial charge in [-0.15, -0.1) is 11.3 Å². The van der Waals surface area contributed by atoms with E-state index in [9.17, 15) is 12.8 Å². The highest BCUT2D eigenvalue weighted by Gasteiger charge is 2.19. The number of halogens is 2. The van der Waals surface area contributed by atoms with E-state index in [1.165, 1.54) is 23.5 Å². The first-order valence-electron chi connectivity index (χ1n) is 6.05. The molecule has 0 bridgehead atoms. The van der Waals surface area contributed by atoms with Crippen molar-refractivity contribution in [3.63, 3.8) is 0 Å². The van der Waals surface area contributed by atoms with Crippen molar-refractivity contribution in [3.8, 4) is 0 Å². The highest BCUT2D eigenvalue weighted by atomic mass is 35.5. The Balaban J connectivity index is 2.29. The molecule has 0 aliphatic heterocycles. The van der Waals surface area contributed by atoms with Gasteiger partial charge in [-0.3, -0.25) is 4.72 Å². The molecular formula is C13H14ClFN2O2S2. The molecule has 0 amide bonds. The predicted octanol–water partition coefficient (Wildman–Crippen LogP) is 3.37. The maximum Gasteiger partial charge on any atom is 0.271 e. The molecule has 8 heteroatoms. The van der Waals surface area contributed by atoms with E-state index in [0.29, 0.717) is 6.54 Å². The Labute approximate surface area is 132 Å². The summed E-state index contributed by atoms with van der Waals surface area (Å²) in [5, 5.41) is 2.86. The van der Waals surface area contributed by atoms with Crippen LogP contribution in [0.1, 0.15) is 10.4 Å². The average molecular weight is 349 g/mol. The van der Waals surface area contributed by atoms with E-state index in [4.69, 9.17) is 11.6 Å². The fraction of sp³-hybridized carbons (Fsp3) is 0.231. The number of nitrogens with one attached hydrogen (secondary N) is 2. The molecule has 2 aromatic rings. The summed E-state index contributed by atoms with van der Waals surface area (Å²) in [6.07, 6.45) is 0. The van der Waals surface area contributed by atoms with Gasteiger partial charge in [0.1, 0.15) is 10.0 Å². The molecule has 2 N–H and O–H groups in total. The van der Waals surface area contributed by atoms with Gasteiger partial charge in [-0.25, -0.2) is 12.8 Å². The van der Waals surface area contributed by atoms with Crippen LogP contribution in [0.2, 0.25) is 5.02 Å². The number of aryl methyl sites for hydroxylation is 1. The van der Waals surface area contributed by atoms with Gasteiger partial charge in [0.2, 0.25) is 0 Å². The lowest BCUT2D eigenvalue weighted by Gasteiger charge is -2.06. The van der Waals surface area contributed by atoms with E-state index in [2.05, 4.69) is 10.0 Å². The third-order valence-corrected chi connectivity index (χ3v) is 6.15. The Morgan fingerprint density at radius 1 is 1.33 bits per heavy atom. The molecule has 0 aliphatic rings. The molecule has 0 saturated heterocycles. The van der Waals surface area contributed by atoms with Crippen LogP contribution < -0.4 is 10.0 Å². The molecular weight excluding hydrogens is 335 g/mol. The molecule has 1 heterocycles. The van der Waals surface area contributed by atoms with Gasteiger partial charge in [-0.2, -0.15) is 0 Å². The Bertz CT molecular complexity index is 760. The Kier molecular flexibility index (Phi) is 4.88. The quantitative estimate of drug-likeness (QED) is 0.871. The normalized spacial score (nSPS) is 11.6. The molecule has 0 radical (unpaired) electrons. The molecule has 0 unspecified atom stereocenters. The first-order valence-corrected chi connectivity index (χ1v) is 8.73. The zero-order valence-corrected chi connectivity index (χ0v) is 13.8. The molecule has 0 atom stereocenters. The van der Waals surface area contributed by atoms with Gasteiger partial charge in [0.05, 0.1) is 10.7 Å². The lowest BCUT2D eigenvalue weighted by Crippen LogP contribution is -2.11. The second-order valence-electron chi connectivity index (χ2n) is 4.44. The summed E-state index contributed by atoms with van der Waals surface area (Å²) in [7, 11) is -1.91. The van der Waals surface area contributed by atoms with Crippen molar-refractivity contribution < 1.29 is 12.8 Å². The molecule has 114 valence electrons. The molecule has 1 aromatic carbocycles. The second kappa shape index (κ2) is 6.31. The van der Waals surface area contributed by atoms with Gasteiger partial charge in [-0.1, -0.05) is 11.6 Å². The number of anilines is 1. The second-order valence-corrected chi connectivity index (χ2v) is 7.89. The Morgan fingerprint density at radius 3 is 2.67 bits per heavy atom. The van der Waals surface area contributed by atoms with Crippen LogP contribution in [0, 0.1) is 12.7 Å². The zero-order chi connectivity index (χ0) is 15.6. The number of sulfonamides is 1. The maximum atomic E-state index is 13.1. The minimum Gasteiger partial charge on any atom is -0.315 e. The lowest BCUT2D eigenvalue weighted by molar-refractivity contribution is 0.603. The van der Waals surface area contributed by atoms with Crippen molar-refractivity contribution in [2.24, 2.45) is 0 Å². The topological polar surface area (TPSA) is 58.2 Å². The predicted molar refractivity (Wildman–Crippen MR) is 84.0 cm³/mol. The molecule has 0 saturated carbocycles. The SMILES string of the molecule is CNCc1sc(S(=O)(=O)Nc2ccc(F)c(Cl)c2)cc1C. The highest BCUT2D eigenvalue weighted by Crippen LogP contribution is 2.28. The van der Waals surface area contributed by atoms with Crippen molar-refractivity contribution in [2.75, 3.05) is 11.8 Å². The van der Waals surface area contributed by atoms with Crippen LogP contribution in [0.15, 0.2) is 28.5 Å². The summed E-state index contributed by atoms with van der Waals surface area (Å²) in [5.74, 6) is -0.595. The summed E-state index contributed by atoms with van der Waals surface area (Å²) in [6, 6.07) is 5.30. The van der Waals surface area contributed by atoms with Gasteiger partial charge < -0.3 is 5.32 Å². The van der Waals surface area contributed by atoms with Crippen LogP contribution in [-0.2, 0) is 16.6 Å². The smallest absolute Gasteiger partial charge is 0.271 e. The van der Waals surface area contributed by atoms with Gasteiger partial charge in [0.25, 0.3) is 10.0 Å². The maximum absolute atomic E-state index is 13.1. The van der Waals surface area contributed by atoms with Crippen molar-refractivity contribution in [1.29, 1.82) is 0 Å². The summed E-state index contributed by atoms with van der Waals surface area (Å²) < 4.78 is 40.3. The largest absolute Gasteiger partial charge is 0.315 e.